The lowest BCUT2D eigenvalue weighted by atomic mass is 10.1. The van der Waals surface area contributed by atoms with E-state index in [9.17, 15) is 17.6 Å². The number of hydrogen-bond donors (Lipinski definition) is 1. The molecule has 0 amide bonds. The van der Waals surface area contributed by atoms with Gasteiger partial charge in [0.15, 0.2) is 23.1 Å². The molecular formula is C18H14F4N2O3. The topological polar surface area (TPSA) is 52.6 Å². The Hall–Kier alpha value is -3.23. The maximum Gasteiger partial charge on any atom is 0.573 e. The molecule has 0 atom stereocenters. The second kappa shape index (κ2) is 7.18. The molecule has 3 rings (SSSR count). The number of aromatic nitrogens is 1. The van der Waals surface area contributed by atoms with Crippen LogP contribution in [-0.4, -0.2) is 25.6 Å². The first-order valence-electron chi connectivity index (χ1n) is 7.64. The molecule has 1 aromatic heterocycles. The smallest absolute Gasteiger partial charge is 0.493 e. The Kier molecular flexibility index (Phi) is 4.93. The molecule has 0 aliphatic rings. The average molecular weight is 382 g/mol. The molecule has 0 radical (unpaired) electrons. The number of nitrogens with zero attached hydrogens (tertiary/aromatic N) is 1. The zero-order valence-corrected chi connectivity index (χ0v) is 14.2. The Balaban J connectivity index is 1.96. The van der Waals surface area contributed by atoms with Crippen molar-refractivity contribution in [2.45, 2.75) is 6.36 Å². The lowest BCUT2D eigenvalue weighted by Gasteiger charge is -2.14. The van der Waals surface area contributed by atoms with Crippen LogP contribution in [0.4, 0.5) is 29.1 Å². The summed E-state index contributed by atoms with van der Waals surface area (Å²) >= 11 is 0. The highest BCUT2D eigenvalue weighted by atomic mass is 19.4. The standard InChI is InChI=1S/C18H14F4N2O3/c1-25-15-7-10-5-6-23-17(12(10)9-16(15)26-2)24-11-3-4-14(13(19)8-11)27-18(20,21)22/h3-9H,1-2H3,(H,23,24). The third kappa shape index (κ3) is 4.13. The summed E-state index contributed by atoms with van der Waals surface area (Å²) < 4.78 is 64.7. The molecule has 0 aliphatic carbocycles. The van der Waals surface area contributed by atoms with Crippen LogP contribution in [0.25, 0.3) is 10.8 Å². The summed E-state index contributed by atoms with van der Waals surface area (Å²) in [6, 6.07) is 8.24. The lowest BCUT2D eigenvalue weighted by Crippen LogP contribution is -2.17. The Morgan fingerprint density at radius 2 is 1.63 bits per heavy atom. The molecular weight excluding hydrogens is 368 g/mol. The summed E-state index contributed by atoms with van der Waals surface area (Å²) in [6.07, 6.45) is -3.43. The molecule has 3 aromatic rings. The van der Waals surface area contributed by atoms with Crippen LogP contribution < -0.4 is 19.5 Å². The van der Waals surface area contributed by atoms with E-state index in [0.717, 1.165) is 17.5 Å². The average Bonchev–Trinajstić information content (AvgIpc) is 2.62. The number of halogens is 4. The Morgan fingerprint density at radius 1 is 0.926 bits per heavy atom. The number of methoxy groups -OCH3 is 2. The third-order valence-electron chi connectivity index (χ3n) is 3.69. The fourth-order valence-corrected chi connectivity index (χ4v) is 2.52. The molecule has 1 heterocycles. The van der Waals surface area contributed by atoms with Crippen LogP contribution in [0.1, 0.15) is 0 Å². The van der Waals surface area contributed by atoms with E-state index >= 15 is 0 Å². The zero-order valence-electron chi connectivity index (χ0n) is 14.2. The van der Waals surface area contributed by atoms with Crippen LogP contribution in [0.2, 0.25) is 0 Å². The first-order chi connectivity index (χ1) is 12.8. The number of nitrogens with one attached hydrogen (secondary N) is 1. The second-order valence-corrected chi connectivity index (χ2v) is 5.41. The highest BCUT2D eigenvalue weighted by molar-refractivity contribution is 5.95. The first kappa shape index (κ1) is 18.6. The van der Waals surface area contributed by atoms with E-state index in [-0.39, 0.29) is 5.69 Å². The van der Waals surface area contributed by atoms with E-state index < -0.39 is 17.9 Å². The van der Waals surface area contributed by atoms with Crippen LogP contribution in [0.3, 0.4) is 0 Å². The summed E-state index contributed by atoms with van der Waals surface area (Å²) in [4.78, 5) is 4.20. The minimum absolute atomic E-state index is 0.205. The maximum atomic E-state index is 13.9. The van der Waals surface area contributed by atoms with Gasteiger partial charge in [0.1, 0.15) is 5.82 Å². The monoisotopic (exact) mass is 382 g/mol. The predicted octanol–water partition coefficient (Wildman–Crippen LogP) is 5.03. The zero-order chi connectivity index (χ0) is 19.6. The van der Waals surface area contributed by atoms with Crippen molar-refractivity contribution >= 4 is 22.3 Å². The Morgan fingerprint density at radius 3 is 2.26 bits per heavy atom. The predicted molar refractivity (Wildman–Crippen MR) is 91.2 cm³/mol. The molecule has 2 aromatic carbocycles. The van der Waals surface area contributed by atoms with Gasteiger partial charge in [0.2, 0.25) is 0 Å². The van der Waals surface area contributed by atoms with Crippen molar-refractivity contribution < 1.29 is 31.8 Å². The van der Waals surface area contributed by atoms with Gasteiger partial charge in [0, 0.05) is 23.3 Å². The summed E-state index contributed by atoms with van der Waals surface area (Å²) in [7, 11) is 3.00. The van der Waals surface area contributed by atoms with Crippen molar-refractivity contribution in [2.75, 3.05) is 19.5 Å². The maximum absolute atomic E-state index is 13.9. The van der Waals surface area contributed by atoms with Gasteiger partial charge < -0.3 is 19.5 Å². The van der Waals surface area contributed by atoms with E-state index in [4.69, 9.17) is 9.47 Å². The molecule has 0 bridgehead atoms. The van der Waals surface area contributed by atoms with Gasteiger partial charge in [-0.1, -0.05) is 0 Å². The number of ether oxygens (including phenoxy) is 3. The normalized spacial score (nSPS) is 11.3. The van der Waals surface area contributed by atoms with Crippen LogP contribution >= 0.6 is 0 Å². The molecule has 0 unspecified atom stereocenters. The minimum Gasteiger partial charge on any atom is -0.493 e. The van der Waals surface area contributed by atoms with E-state index in [2.05, 4.69) is 15.0 Å². The molecule has 142 valence electrons. The van der Waals surface area contributed by atoms with Crippen LogP contribution in [0, 0.1) is 5.82 Å². The molecule has 0 fully saturated rings. The molecule has 27 heavy (non-hydrogen) atoms. The van der Waals surface area contributed by atoms with Gasteiger partial charge in [-0.2, -0.15) is 0 Å². The van der Waals surface area contributed by atoms with E-state index in [0.29, 0.717) is 22.7 Å². The van der Waals surface area contributed by atoms with Gasteiger partial charge in [-0.25, -0.2) is 9.37 Å². The Labute approximate surface area is 151 Å². The summed E-state index contributed by atoms with van der Waals surface area (Å²) in [6.45, 7) is 0. The van der Waals surface area contributed by atoms with Crippen LogP contribution in [0.5, 0.6) is 17.2 Å². The number of pyridine rings is 1. The number of fused-ring (bicyclic) bond motifs is 1. The number of alkyl halides is 3. The highest BCUT2D eigenvalue weighted by Gasteiger charge is 2.32. The van der Waals surface area contributed by atoms with Gasteiger partial charge in [-0.05, 0) is 35.7 Å². The van der Waals surface area contributed by atoms with Gasteiger partial charge in [0.05, 0.1) is 14.2 Å². The Bertz CT molecular complexity index is 977. The number of benzene rings is 2. The van der Waals surface area contributed by atoms with Crippen molar-refractivity contribution in [3.63, 3.8) is 0 Å². The van der Waals surface area contributed by atoms with Crippen molar-refractivity contribution in [1.82, 2.24) is 4.98 Å². The number of rotatable bonds is 5. The molecule has 0 saturated heterocycles. The quantitative estimate of drug-likeness (QED) is 0.627. The van der Waals surface area contributed by atoms with Gasteiger partial charge >= 0.3 is 6.36 Å². The van der Waals surface area contributed by atoms with Crippen LogP contribution in [-0.2, 0) is 0 Å². The van der Waals surface area contributed by atoms with Crippen molar-refractivity contribution in [2.24, 2.45) is 0 Å². The summed E-state index contributed by atoms with van der Waals surface area (Å²) in [5, 5.41) is 4.32. The van der Waals surface area contributed by atoms with Gasteiger partial charge in [-0.15, -0.1) is 13.2 Å². The molecule has 5 nitrogen and oxygen atoms in total. The van der Waals surface area contributed by atoms with E-state index in [1.807, 2.05) is 0 Å². The molecule has 0 spiro atoms. The summed E-state index contributed by atoms with van der Waals surface area (Å²) in [5.41, 5.74) is 0.205. The molecule has 0 saturated carbocycles. The van der Waals surface area contributed by atoms with Crippen molar-refractivity contribution in [1.29, 1.82) is 0 Å². The highest BCUT2D eigenvalue weighted by Crippen LogP contribution is 2.36. The molecule has 0 aliphatic heterocycles. The molecule has 9 heteroatoms. The van der Waals surface area contributed by atoms with E-state index in [1.165, 1.54) is 26.5 Å². The lowest BCUT2D eigenvalue weighted by molar-refractivity contribution is -0.275. The summed E-state index contributed by atoms with van der Waals surface area (Å²) in [5.74, 6) is -0.692. The fraction of sp³-hybridized carbons (Fsp3) is 0.167. The molecule has 1 N–H and O–H groups in total. The SMILES string of the molecule is COc1cc2ccnc(Nc3ccc(OC(F)(F)F)c(F)c3)c2cc1OC. The second-order valence-electron chi connectivity index (χ2n) is 5.41. The van der Waals surface area contributed by atoms with Gasteiger partial charge in [0.25, 0.3) is 0 Å². The minimum atomic E-state index is -4.97. The third-order valence-corrected chi connectivity index (χ3v) is 3.69. The van der Waals surface area contributed by atoms with Gasteiger partial charge in [-0.3, -0.25) is 0 Å². The number of anilines is 2. The van der Waals surface area contributed by atoms with Crippen molar-refractivity contribution in [3.05, 3.63) is 48.4 Å². The number of hydrogen-bond acceptors (Lipinski definition) is 5. The fourth-order valence-electron chi connectivity index (χ4n) is 2.52. The largest absolute Gasteiger partial charge is 0.573 e. The van der Waals surface area contributed by atoms with Crippen LogP contribution in [0.15, 0.2) is 42.6 Å². The van der Waals surface area contributed by atoms with Crippen molar-refractivity contribution in [3.8, 4) is 17.2 Å². The van der Waals surface area contributed by atoms with E-state index in [1.54, 1.807) is 18.2 Å². The first-order valence-corrected chi connectivity index (χ1v) is 7.64.